The molecule has 1 aliphatic rings. The van der Waals surface area contributed by atoms with Gasteiger partial charge in [-0.1, -0.05) is 13.8 Å². The summed E-state index contributed by atoms with van der Waals surface area (Å²) in [4.78, 5) is 10.4. The maximum Gasteiger partial charge on any atom is 0.225 e. The van der Waals surface area contributed by atoms with Crippen molar-refractivity contribution < 1.29 is 4.79 Å². The summed E-state index contributed by atoms with van der Waals surface area (Å²) in [6.45, 7) is 4.10. The summed E-state index contributed by atoms with van der Waals surface area (Å²) in [5.41, 5.74) is 0. The van der Waals surface area contributed by atoms with Gasteiger partial charge in [0, 0.05) is 5.92 Å². The van der Waals surface area contributed by atoms with Gasteiger partial charge in [-0.2, -0.15) is 0 Å². The third-order valence-electron chi connectivity index (χ3n) is 2.08. The van der Waals surface area contributed by atoms with Crippen molar-refractivity contribution in [3.8, 4) is 0 Å². The van der Waals surface area contributed by atoms with Crippen LogP contribution in [0.15, 0.2) is 0 Å². The quantitative estimate of drug-likeness (QED) is 0.496. The van der Waals surface area contributed by atoms with E-state index in [2.05, 4.69) is 13.8 Å². The summed E-state index contributed by atoms with van der Waals surface area (Å²) in [7, 11) is 0. The number of hydrogen-bond acceptors (Lipinski definition) is 1. The first kappa shape index (κ1) is 6.09. The van der Waals surface area contributed by atoms with Crippen molar-refractivity contribution >= 4 is 16.8 Å². The van der Waals surface area contributed by atoms with Crippen LogP contribution in [0.25, 0.3) is 0 Å². The normalized spacial score (nSPS) is 44.1. The molecular formula is C6H9ClO. The Morgan fingerprint density at radius 1 is 1.38 bits per heavy atom. The van der Waals surface area contributed by atoms with Crippen LogP contribution in [0.4, 0.5) is 0 Å². The lowest BCUT2D eigenvalue weighted by Crippen LogP contribution is -1.89. The Morgan fingerprint density at radius 3 is 1.75 bits per heavy atom. The topological polar surface area (TPSA) is 17.1 Å². The zero-order valence-electron chi connectivity index (χ0n) is 5.02. The Labute approximate surface area is 54.0 Å². The lowest BCUT2D eigenvalue weighted by molar-refractivity contribution is -0.113. The van der Waals surface area contributed by atoms with Crippen LogP contribution in [0.3, 0.4) is 0 Å². The van der Waals surface area contributed by atoms with Crippen molar-refractivity contribution in [1.29, 1.82) is 0 Å². The predicted octanol–water partition coefficient (Wildman–Crippen LogP) is 1.65. The highest BCUT2D eigenvalue weighted by Gasteiger charge is 2.47. The summed E-state index contributed by atoms with van der Waals surface area (Å²) >= 11 is 5.23. The molecule has 0 aromatic carbocycles. The van der Waals surface area contributed by atoms with Gasteiger partial charge in [0.05, 0.1) is 0 Å². The summed E-state index contributed by atoms with van der Waals surface area (Å²) in [6.07, 6.45) is 0. The van der Waals surface area contributed by atoms with Crippen molar-refractivity contribution in [3.05, 3.63) is 0 Å². The van der Waals surface area contributed by atoms with Crippen LogP contribution in [-0.2, 0) is 4.79 Å². The maximum atomic E-state index is 10.4. The van der Waals surface area contributed by atoms with E-state index in [0.717, 1.165) is 0 Å². The van der Waals surface area contributed by atoms with Crippen LogP contribution < -0.4 is 0 Å². The van der Waals surface area contributed by atoms with E-state index in [-0.39, 0.29) is 11.2 Å². The summed E-state index contributed by atoms with van der Waals surface area (Å²) in [6, 6.07) is 0. The number of halogens is 1. The van der Waals surface area contributed by atoms with Crippen LogP contribution in [0.5, 0.6) is 0 Å². The highest BCUT2D eigenvalue weighted by atomic mass is 35.5. The Morgan fingerprint density at radius 2 is 1.75 bits per heavy atom. The van der Waals surface area contributed by atoms with Gasteiger partial charge in [-0.3, -0.25) is 4.79 Å². The van der Waals surface area contributed by atoms with Gasteiger partial charge in [0.2, 0.25) is 5.24 Å². The molecule has 1 aliphatic carbocycles. The molecule has 0 aliphatic heterocycles. The second kappa shape index (κ2) is 1.73. The average Bonchev–Trinajstić information content (AvgIpc) is 2.15. The Balaban J connectivity index is 2.44. The van der Waals surface area contributed by atoms with Crippen molar-refractivity contribution in [1.82, 2.24) is 0 Å². The van der Waals surface area contributed by atoms with E-state index in [1.54, 1.807) is 0 Å². The van der Waals surface area contributed by atoms with Gasteiger partial charge in [0.1, 0.15) is 0 Å². The second-order valence-corrected chi connectivity index (χ2v) is 2.92. The van der Waals surface area contributed by atoms with Crippen molar-refractivity contribution in [2.75, 3.05) is 0 Å². The standard InChI is InChI=1S/C6H9ClO/c1-3-4(2)5(3)6(7)8/h3-5H,1-2H3. The second-order valence-electron chi connectivity index (χ2n) is 2.55. The molecule has 1 saturated carbocycles. The zero-order chi connectivity index (χ0) is 6.31. The van der Waals surface area contributed by atoms with Crippen LogP contribution in [0.1, 0.15) is 13.8 Å². The van der Waals surface area contributed by atoms with Crippen molar-refractivity contribution in [3.63, 3.8) is 0 Å². The largest absolute Gasteiger partial charge is 0.281 e. The molecule has 2 unspecified atom stereocenters. The molecule has 0 saturated heterocycles. The Bertz CT molecular complexity index is 114. The highest BCUT2D eigenvalue weighted by molar-refractivity contribution is 6.64. The average molecular weight is 133 g/mol. The molecule has 0 spiro atoms. The van der Waals surface area contributed by atoms with Gasteiger partial charge < -0.3 is 0 Å². The first-order valence-electron chi connectivity index (χ1n) is 2.84. The van der Waals surface area contributed by atoms with Crippen LogP contribution in [-0.4, -0.2) is 5.24 Å². The van der Waals surface area contributed by atoms with Gasteiger partial charge in [0.15, 0.2) is 0 Å². The Hall–Kier alpha value is -0.0400. The maximum absolute atomic E-state index is 10.4. The van der Waals surface area contributed by atoms with E-state index in [9.17, 15) is 4.79 Å². The molecule has 2 atom stereocenters. The third-order valence-corrected chi connectivity index (χ3v) is 2.34. The minimum absolute atomic E-state index is 0.162. The van der Waals surface area contributed by atoms with Gasteiger partial charge in [-0.15, -0.1) is 0 Å². The minimum Gasteiger partial charge on any atom is -0.281 e. The van der Waals surface area contributed by atoms with Gasteiger partial charge in [-0.25, -0.2) is 0 Å². The van der Waals surface area contributed by atoms with Crippen molar-refractivity contribution in [2.24, 2.45) is 17.8 Å². The molecule has 0 amide bonds. The van der Waals surface area contributed by atoms with Gasteiger partial charge in [0.25, 0.3) is 0 Å². The number of carbonyl (C=O) groups is 1. The van der Waals surface area contributed by atoms with E-state index >= 15 is 0 Å². The molecular weight excluding hydrogens is 124 g/mol. The van der Waals surface area contributed by atoms with Crippen LogP contribution in [0.2, 0.25) is 0 Å². The predicted molar refractivity (Wildman–Crippen MR) is 32.7 cm³/mol. The SMILES string of the molecule is CC1C(C)C1C(=O)Cl. The molecule has 0 N–H and O–H groups in total. The van der Waals surface area contributed by atoms with E-state index in [1.807, 2.05) is 0 Å². The molecule has 1 fully saturated rings. The van der Waals surface area contributed by atoms with Crippen LogP contribution >= 0.6 is 11.6 Å². The summed E-state index contributed by atoms with van der Waals surface area (Å²) in [5.74, 6) is 1.22. The molecule has 8 heavy (non-hydrogen) atoms. The number of rotatable bonds is 1. The molecule has 0 aromatic rings. The van der Waals surface area contributed by atoms with E-state index in [1.165, 1.54) is 0 Å². The van der Waals surface area contributed by atoms with E-state index in [0.29, 0.717) is 11.8 Å². The Kier molecular flexibility index (Phi) is 1.31. The van der Waals surface area contributed by atoms with Crippen molar-refractivity contribution in [2.45, 2.75) is 13.8 Å². The first-order chi connectivity index (χ1) is 3.64. The number of carbonyl (C=O) groups excluding carboxylic acids is 1. The lowest BCUT2D eigenvalue weighted by Gasteiger charge is -1.78. The highest BCUT2D eigenvalue weighted by Crippen LogP contribution is 2.46. The van der Waals surface area contributed by atoms with E-state index < -0.39 is 0 Å². The van der Waals surface area contributed by atoms with Crippen LogP contribution in [0, 0.1) is 17.8 Å². The molecule has 0 bridgehead atoms. The molecule has 0 heterocycles. The fourth-order valence-corrected chi connectivity index (χ4v) is 1.47. The van der Waals surface area contributed by atoms with Gasteiger partial charge in [-0.05, 0) is 23.4 Å². The molecule has 1 rings (SSSR count). The molecule has 46 valence electrons. The molecule has 2 heteroatoms. The minimum atomic E-state index is -0.162. The fraction of sp³-hybridized carbons (Fsp3) is 0.833. The lowest BCUT2D eigenvalue weighted by atomic mass is 10.4. The molecule has 0 radical (unpaired) electrons. The summed E-state index contributed by atoms with van der Waals surface area (Å²) < 4.78 is 0. The first-order valence-corrected chi connectivity index (χ1v) is 3.21. The summed E-state index contributed by atoms with van der Waals surface area (Å²) in [5, 5.41) is -0.162. The van der Waals surface area contributed by atoms with Gasteiger partial charge >= 0.3 is 0 Å². The zero-order valence-corrected chi connectivity index (χ0v) is 5.77. The molecule has 1 nitrogen and oxygen atoms in total. The third kappa shape index (κ3) is 0.752. The fourth-order valence-electron chi connectivity index (χ4n) is 1.08. The van der Waals surface area contributed by atoms with E-state index in [4.69, 9.17) is 11.6 Å². The smallest absolute Gasteiger partial charge is 0.225 e. The monoisotopic (exact) mass is 132 g/mol. The number of hydrogen-bond donors (Lipinski definition) is 0. The molecule has 0 aromatic heterocycles.